The number of rotatable bonds is 10. The second kappa shape index (κ2) is 11.3. The maximum Gasteiger partial charge on any atom is 0.407 e. The molecule has 3 rings (SSSR count). The molecule has 0 aliphatic heterocycles. The number of carbonyl (C=O) groups excluding carboxylic acids is 3. The lowest BCUT2D eigenvalue weighted by atomic mass is 9.98. The summed E-state index contributed by atoms with van der Waals surface area (Å²) >= 11 is 0. The van der Waals surface area contributed by atoms with E-state index in [1.807, 2.05) is 48.5 Å². The molecule has 0 bridgehead atoms. The molecule has 0 saturated carbocycles. The minimum atomic E-state index is -1.19. The number of ether oxygens (including phenoxy) is 1. The van der Waals surface area contributed by atoms with Gasteiger partial charge in [0.1, 0.15) is 19.2 Å². The summed E-state index contributed by atoms with van der Waals surface area (Å²) in [7, 11) is 3.47. The zero-order chi connectivity index (χ0) is 24.7. The van der Waals surface area contributed by atoms with E-state index in [-0.39, 0.29) is 19.1 Å². The standard InChI is InChI=1S/C24H28N4O6/c1-28(2)13-20(23(32)26-11-21(29)25-12-22(30)31)27-24(33)34-14-19-17-9-5-3-7-15(17)16-8-4-6-10-18(16)19/h3-10,19-20H,11-14H2,1-2H3,(H,25,29)(H,26,32)(H,27,33)(H,30,31)/t20-/m0/s1. The van der Waals surface area contributed by atoms with Crippen LogP contribution >= 0.6 is 0 Å². The molecular formula is C24H28N4O6. The number of carboxylic acid groups (broad SMARTS) is 1. The molecule has 2 aromatic rings. The molecular weight excluding hydrogens is 440 g/mol. The molecule has 0 spiro atoms. The Morgan fingerprint density at radius 3 is 2.09 bits per heavy atom. The summed E-state index contributed by atoms with van der Waals surface area (Å²) in [6.07, 6.45) is -0.751. The van der Waals surface area contributed by atoms with Gasteiger partial charge in [0.15, 0.2) is 0 Å². The number of amides is 3. The minimum absolute atomic E-state index is 0.105. The van der Waals surface area contributed by atoms with Crippen LogP contribution < -0.4 is 16.0 Å². The molecule has 0 heterocycles. The average Bonchev–Trinajstić information content (AvgIpc) is 3.13. The molecule has 0 radical (unpaired) electrons. The van der Waals surface area contributed by atoms with Crippen LogP contribution in [0.5, 0.6) is 0 Å². The number of hydrogen-bond donors (Lipinski definition) is 4. The van der Waals surface area contributed by atoms with Crippen molar-refractivity contribution in [2.75, 3.05) is 40.3 Å². The number of likely N-dealkylation sites (N-methyl/N-ethyl adjacent to an activating group) is 1. The van der Waals surface area contributed by atoms with Crippen LogP contribution in [0.15, 0.2) is 48.5 Å². The van der Waals surface area contributed by atoms with Gasteiger partial charge in [0.25, 0.3) is 0 Å². The Morgan fingerprint density at radius 1 is 0.941 bits per heavy atom. The predicted molar refractivity (Wildman–Crippen MR) is 124 cm³/mol. The summed E-state index contributed by atoms with van der Waals surface area (Å²) in [5, 5.41) is 15.7. The molecule has 0 fully saturated rings. The smallest absolute Gasteiger partial charge is 0.407 e. The average molecular weight is 469 g/mol. The third-order valence-corrected chi connectivity index (χ3v) is 5.36. The maximum atomic E-state index is 12.6. The fraction of sp³-hybridized carbons (Fsp3) is 0.333. The molecule has 180 valence electrons. The molecule has 4 N–H and O–H groups in total. The molecule has 2 aromatic carbocycles. The van der Waals surface area contributed by atoms with Crippen molar-refractivity contribution in [3.63, 3.8) is 0 Å². The van der Waals surface area contributed by atoms with Crippen molar-refractivity contribution >= 4 is 23.9 Å². The van der Waals surface area contributed by atoms with Crippen LogP contribution in [0.4, 0.5) is 4.79 Å². The molecule has 1 aliphatic carbocycles. The van der Waals surface area contributed by atoms with Crippen molar-refractivity contribution in [3.05, 3.63) is 59.7 Å². The summed E-state index contributed by atoms with van der Waals surface area (Å²) < 4.78 is 5.50. The molecule has 0 unspecified atom stereocenters. The monoisotopic (exact) mass is 468 g/mol. The van der Waals surface area contributed by atoms with E-state index in [2.05, 4.69) is 16.0 Å². The Labute approximate surface area is 197 Å². The van der Waals surface area contributed by atoms with Crippen LogP contribution in [0.2, 0.25) is 0 Å². The number of nitrogens with one attached hydrogen (secondary N) is 3. The van der Waals surface area contributed by atoms with Crippen molar-refractivity contribution < 1.29 is 29.0 Å². The number of carboxylic acids is 1. The third kappa shape index (κ3) is 6.32. The summed E-state index contributed by atoms with van der Waals surface area (Å²) in [6, 6.07) is 15.0. The van der Waals surface area contributed by atoms with Gasteiger partial charge in [-0.3, -0.25) is 14.4 Å². The van der Waals surface area contributed by atoms with Gasteiger partial charge in [0, 0.05) is 12.5 Å². The number of alkyl carbamates (subject to hydrolysis) is 1. The van der Waals surface area contributed by atoms with E-state index < -0.39 is 43.0 Å². The topological polar surface area (TPSA) is 137 Å². The van der Waals surface area contributed by atoms with E-state index in [0.717, 1.165) is 22.3 Å². The van der Waals surface area contributed by atoms with Crippen molar-refractivity contribution in [1.82, 2.24) is 20.9 Å². The first-order chi connectivity index (χ1) is 16.3. The molecule has 1 atom stereocenters. The second-order valence-electron chi connectivity index (χ2n) is 8.17. The Hall–Kier alpha value is -3.92. The number of fused-ring (bicyclic) bond motifs is 3. The first-order valence-corrected chi connectivity index (χ1v) is 10.8. The van der Waals surface area contributed by atoms with Gasteiger partial charge in [0.05, 0.1) is 6.54 Å². The van der Waals surface area contributed by atoms with E-state index in [0.29, 0.717) is 0 Å². The first kappa shape index (κ1) is 24.7. The number of carbonyl (C=O) groups is 4. The summed E-state index contributed by atoms with van der Waals surface area (Å²) in [4.78, 5) is 49.0. The van der Waals surface area contributed by atoms with E-state index >= 15 is 0 Å². The largest absolute Gasteiger partial charge is 0.480 e. The Kier molecular flexibility index (Phi) is 8.20. The first-order valence-electron chi connectivity index (χ1n) is 10.8. The molecule has 10 heteroatoms. The number of benzene rings is 2. The third-order valence-electron chi connectivity index (χ3n) is 5.36. The highest BCUT2D eigenvalue weighted by Crippen LogP contribution is 2.44. The van der Waals surface area contributed by atoms with Gasteiger partial charge in [-0.15, -0.1) is 0 Å². The molecule has 0 saturated heterocycles. The summed E-state index contributed by atoms with van der Waals surface area (Å²) in [5.74, 6) is -2.55. The van der Waals surface area contributed by atoms with E-state index in [4.69, 9.17) is 9.84 Å². The number of nitrogens with zero attached hydrogens (tertiary/aromatic N) is 1. The van der Waals surface area contributed by atoms with Gasteiger partial charge in [-0.25, -0.2) is 4.79 Å². The van der Waals surface area contributed by atoms with Gasteiger partial charge in [0.2, 0.25) is 11.8 Å². The molecule has 34 heavy (non-hydrogen) atoms. The fourth-order valence-electron chi connectivity index (χ4n) is 3.87. The summed E-state index contributed by atoms with van der Waals surface area (Å²) in [6.45, 7) is -0.684. The Bertz CT molecular complexity index is 1030. The normalized spacial score (nSPS) is 12.9. The SMILES string of the molecule is CN(C)C[C@H](NC(=O)OCC1c2ccccc2-c2ccccc21)C(=O)NCC(=O)NCC(=O)O. The lowest BCUT2D eigenvalue weighted by Gasteiger charge is -2.22. The highest BCUT2D eigenvalue weighted by molar-refractivity contribution is 5.90. The van der Waals surface area contributed by atoms with Gasteiger partial charge in [-0.05, 0) is 36.3 Å². The van der Waals surface area contributed by atoms with Crippen LogP contribution in [-0.2, 0) is 19.1 Å². The molecule has 1 aliphatic rings. The lowest BCUT2D eigenvalue weighted by molar-refractivity contribution is -0.137. The fourth-order valence-corrected chi connectivity index (χ4v) is 3.87. The van der Waals surface area contributed by atoms with Crippen molar-refractivity contribution in [2.24, 2.45) is 0 Å². The van der Waals surface area contributed by atoms with Crippen LogP contribution in [-0.4, -0.2) is 80.3 Å². The molecule has 3 amide bonds. The molecule has 10 nitrogen and oxygen atoms in total. The van der Waals surface area contributed by atoms with Gasteiger partial charge < -0.3 is 30.7 Å². The zero-order valence-corrected chi connectivity index (χ0v) is 19.0. The zero-order valence-electron chi connectivity index (χ0n) is 19.0. The maximum absolute atomic E-state index is 12.6. The van der Waals surface area contributed by atoms with Crippen LogP contribution in [0, 0.1) is 0 Å². The summed E-state index contributed by atoms with van der Waals surface area (Å²) in [5.41, 5.74) is 4.37. The number of aliphatic carboxylic acids is 1. The van der Waals surface area contributed by atoms with Crippen LogP contribution in [0.3, 0.4) is 0 Å². The van der Waals surface area contributed by atoms with E-state index in [1.165, 1.54) is 0 Å². The van der Waals surface area contributed by atoms with Gasteiger partial charge >= 0.3 is 12.1 Å². The van der Waals surface area contributed by atoms with Gasteiger partial charge in [-0.1, -0.05) is 48.5 Å². The van der Waals surface area contributed by atoms with Gasteiger partial charge in [-0.2, -0.15) is 0 Å². The van der Waals surface area contributed by atoms with Crippen molar-refractivity contribution in [2.45, 2.75) is 12.0 Å². The quantitative estimate of drug-likeness (QED) is 0.404. The predicted octanol–water partition coefficient (Wildman–Crippen LogP) is 0.772. The van der Waals surface area contributed by atoms with Crippen molar-refractivity contribution in [3.8, 4) is 11.1 Å². The molecule has 0 aromatic heterocycles. The Morgan fingerprint density at radius 2 is 1.53 bits per heavy atom. The van der Waals surface area contributed by atoms with Crippen LogP contribution in [0.25, 0.3) is 11.1 Å². The van der Waals surface area contributed by atoms with E-state index in [9.17, 15) is 19.2 Å². The van der Waals surface area contributed by atoms with Crippen LogP contribution in [0.1, 0.15) is 17.0 Å². The Balaban J connectivity index is 1.58. The number of hydrogen-bond acceptors (Lipinski definition) is 6. The van der Waals surface area contributed by atoms with E-state index in [1.54, 1.807) is 19.0 Å². The van der Waals surface area contributed by atoms with Crippen molar-refractivity contribution in [1.29, 1.82) is 0 Å². The lowest BCUT2D eigenvalue weighted by Crippen LogP contribution is -2.53. The second-order valence-corrected chi connectivity index (χ2v) is 8.17. The minimum Gasteiger partial charge on any atom is -0.480 e. The highest BCUT2D eigenvalue weighted by Gasteiger charge is 2.30. The highest BCUT2D eigenvalue weighted by atomic mass is 16.5.